The molecule has 5 nitrogen and oxygen atoms in total. The summed E-state index contributed by atoms with van der Waals surface area (Å²) in [5.74, 6) is -0.399. The van der Waals surface area contributed by atoms with E-state index in [0.717, 1.165) is 25.6 Å². The van der Waals surface area contributed by atoms with Crippen LogP contribution in [0.5, 0.6) is 0 Å². The van der Waals surface area contributed by atoms with Crippen LogP contribution in [0.3, 0.4) is 0 Å². The predicted molar refractivity (Wildman–Crippen MR) is 122 cm³/mol. The molecule has 0 aromatic heterocycles. The van der Waals surface area contributed by atoms with E-state index in [1.807, 2.05) is 78.9 Å². The number of carbonyl (C=O) groups excluding carboxylic acids is 1. The largest absolute Gasteiger partial charge is 0.460 e. The van der Waals surface area contributed by atoms with Gasteiger partial charge < -0.3 is 4.74 Å². The van der Waals surface area contributed by atoms with Gasteiger partial charge in [-0.25, -0.2) is 0 Å². The average molecular weight is 527 g/mol. The molecular formula is C23H17Br2N3O2. The van der Waals surface area contributed by atoms with Crippen molar-refractivity contribution >= 4 is 37.8 Å². The van der Waals surface area contributed by atoms with E-state index < -0.39 is 16.9 Å². The van der Waals surface area contributed by atoms with Crippen molar-refractivity contribution in [1.29, 1.82) is 0 Å². The molecule has 0 unspecified atom stereocenters. The molecule has 30 heavy (non-hydrogen) atoms. The molecule has 4 rings (SSSR count). The van der Waals surface area contributed by atoms with Crippen molar-refractivity contribution < 1.29 is 9.53 Å². The number of rotatable bonds is 6. The van der Waals surface area contributed by atoms with Gasteiger partial charge in [-0.3, -0.25) is 4.79 Å². The zero-order valence-electron chi connectivity index (χ0n) is 15.8. The number of carbonyl (C=O) groups is 1. The molecule has 0 amide bonds. The van der Waals surface area contributed by atoms with Crippen LogP contribution < -0.4 is 0 Å². The Hall–Kier alpha value is -2.60. The second-order valence-corrected chi connectivity index (χ2v) is 9.04. The lowest BCUT2D eigenvalue weighted by molar-refractivity contribution is -0.148. The normalized spacial score (nSPS) is 22.1. The number of halogens is 2. The monoisotopic (exact) mass is 525 g/mol. The highest BCUT2D eigenvalue weighted by atomic mass is 79.9. The van der Waals surface area contributed by atoms with Gasteiger partial charge in [-0.1, -0.05) is 91.6 Å². The highest BCUT2D eigenvalue weighted by Crippen LogP contribution is 2.67. The van der Waals surface area contributed by atoms with Crippen LogP contribution >= 0.6 is 31.9 Å². The first-order valence-corrected chi connectivity index (χ1v) is 10.9. The van der Waals surface area contributed by atoms with Crippen LogP contribution in [0.4, 0.5) is 0 Å². The summed E-state index contributed by atoms with van der Waals surface area (Å²) in [5, 5.41) is 4.14. The Morgan fingerprint density at radius 3 is 2.13 bits per heavy atom. The zero-order chi connectivity index (χ0) is 21.2. The van der Waals surface area contributed by atoms with E-state index in [1.165, 1.54) is 0 Å². The van der Waals surface area contributed by atoms with Crippen LogP contribution in [0, 0.1) is 0 Å². The molecule has 2 atom stereocenters. The first-order valence-electron chi connectivity index (χ1n) is 9.31. The van der Waals surface area contributed by atoms with Crippen molar-refractivity contribution in [2.24, 2.45) is 5.11 Å². The van der Waals surface area contributed by atoms with E-state index >= 15 is 0 Å². The second-order valence-electron chi connectivity index (χ2n) is 7.21. The summed E-state index contributed by atoms with van der Waals surface area (Å²) in [4.78, 5) is 16.6. The lowest BCUT2D eigenvalue weighted by Gasteiger charge is -2.22. The van der Waals surface area contributed by atoms with Crippen LogP contribution in [0.25, 0.3) is 10.4 Å². The Kier molecular flexibility index (Phi) is 5.69. The fraction of sp³-hybridized carbons (Fsp3) is 0.174. The summed E-state index contributed by atoms with van der Waals surface area (Å²) < 4.78 is 7.61. The predicted octanol–water partition coefficient (Wildman–Crippen LogP) is 6.80. The summed E-state index contributed by atoms with van der Waals surface area (Å²) in [7, 11) is 0. The summed E-state index contributed by atoms with van der Waals surface area (Å²) in [6.45, 7) is 0.144. The fourth-order valence-corrected chi connectivity index (χ4v) is 4.47. The summed E-state index contributed by atoms with van der Waals surface area (Å²) in [5.41, 5.74) is 9.69. The molecule has 1 saturated carbocycles. The van der Waals surface area contributed by atoms with E-state index in [1.54, 1.807) is 0 Å². The smallest absolute Gasteiger partial charge is 0.317 e. The van der Waals surface area contributed by atoms with E-state index in [0.29, 0.717) is 6.42 Å². The first kappa shape index (κ1) is 20.7. The number of esters is 1. The second kappa shape index (κ2) is 8.26. The molecule has 150 valence electrons. The SMILES string of the molecule is [N-]=[N+]=N[C@@]1(c2ccccc2)C[C@]1(C(=O)OCc1ccc(Br)cc1)c1ccc(Br)cc1. The Balaban J connectivity index is 1.73. The highest BCUT2D eigenvalue weighted by molar-refractivity contribution is 9.10. The van der Waals surface area contributed by atoms with Gasteiger partial charge >= 0.3 is 5.97 Å². The Morgan fingerprint density at radius 2 is 1.53 bits per heavy atom. The van der Waals surface area contributed by atoms with Gasteiger partial charge in [0.2, 0.25) is 0 Å². The Morgan fingerprint density at radius 1 is 0.933 bits per heavy atom. The molecular weight excluding hydrogens is 510 g/mol. The van der Waals surface area contributed by atoms with Gasteiger partial charge in [0.15, 0.2) is 0 Å². The molecule has 7 heteroatoms. The number of hydrogen-bond donors (Lipinski definition) is 0. The topological polar surface area (TPSA) is 75.1 Å². The van der Waals surface area contributed by atoms with Crippen LogP contribution in [0.1, 0.15) is 23.1 Å². The van der Waals surface area contributed by atoms with Crippen molar-refractivity contribution in [2.75, 3.05) is 0 Å². The van der Waals surface area contributed by atoms with Gasteiger partial charge in [0.25, 0.3) is 0 Å². The van der Waals surface area contributed by atoms with E-state index in [2.05, 4.69) is 41.9 Å². The molecule has 3 aromatic carbocycles. The molecule has 0 spiro atoms. The number of nitrogens with zero attached hydrogens (tertiary/aromatic N) is 3. The summed E-state index contributed by atoms with van der Waals surface area (Å²) >= 11 is 6.84. The van der Waals surface area contributed by atoms with Crippen molar-refractivity contribution in [2.45, 2.75) is 24.0 Å². The molecule has 0 aliphatic heterocycles. The van der Waals surface area contributed by atoms with E-state index in [9.17, 15) is 10.3 Å². The quantitative estimate of drug-likeness (QED) is 0.153. The van der Waals surface area contributed by atoms with Crippen molar-refractivity contribution in [3.05, 3.63) is 115 Å². The number of azide groups is 1. The van der Waals surface area contributed by atoms with E-state index in [-0.39, 0.29) is 6.61 Å². The summed E-state index contributed by atoms with van der Waals surface area (Å²) in [6.07, 6.45) is 0.356. The van der Waals surface area contributed by atoms with E-state index in [4.69, 9.17) is 4.74 Å². The van der Waals surface area contributed by atoms with Crippen LogP contribution in [-0.2, 0) is 27.1 Å². The molecule has 0 N–H and O–H groups in total. The van der Waals surface area contributed by atoms with Crippen LogP contribution in [0.15, 0.2) is 92.9 Å². The molecule has 1 aliphatic carbocycles. The van der Waals surface area contributed by atoms with Gasteiger partial charge in [0, 0.05) is 13.9 Å². The molecule has 0 bridgehead atoms. The third-order valence-electron chi connectivity index (χ3n) is 5.54. The third kappa shape index (κ3) is 3.54. The number of ether oxygens (including phenoxy) is 1. The van der Waals surface area contributed by atoms with Crippen LogP contribution in [-0.4, -0.2) is 5.97 Å². The minimum Gasteiger partial charge on any atom is -0.460 e. The van der Waals surface area contributed by atoms with Gasteiger partial charge in [0.1, 0.15) is 12.0 Å². The molecule has 0 heterocycles. The maximum Gasteiger partial charge on any atom is 0.317 e. The maximum atomic E-state index is 13.5. The minimum absolute atomic E-state index is 0.144. The van der Waals surface area contributed by atoms with Crippen molar-refractivity contribution in [3.63, 3.8) is 0 Å². The average Bonchev–Trinajstić information content (AvgIpc) is 3.45. The number of hydrogen-bond acceptors (Lipinski definition) is 3. The van der Waals surface area contributed by atoms with Gasteiger partial charge in [-0.05, 0) is 52.9 Å². The number of benzene rings is 3. The first-order chi connectivity index (χ1) is 14.5. The van der Waals surface area contributed by atoms with Crippen molar-refractivity contribution in [3.8, 4) is 0 Å². The molecule has 1 fully saturated rings. The summed E-state index contributed by atoms with van der Waals surface area (Å²) in [6, 6.07) is 24.5. The molecule has 3 aromatic rings. The van der Waals surface area contributed by atoms with Gasteiger partial charge in [-0.2, -0.15) is 0 Å². The maximum absolute atomic E-state index is 13.5. The van der Waals surface area contributed by atoms with Crippen LogP contribution in [0.2, 0.25) is 0 Å². The highest BCUT2D eigenvalue weighted by Gasteiger charge is 2.74. The minimum atomic E-state index is -1.07. The lowest BCUT2D eigenvalue weighted by atomic mass is 9.87. The molecule has 1 aliphatic rings. The van der Waals surface area contributed by atoms with Crippen molar-refractivity contribution in [1.82, 2.24) is 0 Å². The molecule has 0 radical (unpaired) electrons. The zero-order valence-corrected chi connectivity index (χ0v) is 19.0. The fourth-order valence-electron chi connectivity index (χ4n) is 3.94. The third-order valence-corrected chi connectivity index (χ3v) is 6.59. The lowest BCUT2D eigenvalue weighted by Crippen LogP contribution is -2.31. The Bertz CT molecular complexity index is 1110. The van der Waals surface area contributed by atoms with Gasteiger partial charge in [0.05, 0.1) is 5.54 Å². The van der Waals surface area contributed by atoms with Gasteiger partial charge in [-0.15, -0.1) is 0 Å². The molecule has 0 saturated heterocycles. The standard InChI is InChI=1S/C23H17Br2N3O2/c24-19-10-6-16(7-11-19)14-30-21(29)22(17-8-12-20(25)13-9-17)15-23(22,27-28-26)18-4-2-1-3-5-18/h1-13H,14-15H2/t22-,23-/m1/s1. The Labute approximate surface area is 191 Å².